The molecule has 2 atom stereocenters. The molecule has 0 bridgehead atoms. The minimum Gasteiger partial charge on any atom is -0.327 e. The molecule has 1 saturated carbocycles. The van der Waals surface area contributed by atoms with Crippen LogP contribution >= 0.6 is 0 Å². The van der Waals surface area contributed by atoms with Gasteiger partial charge >= 0.3 is 0 Å². The molecule has 0 amide bonds. The largest absolute Gasteiger partial charge is 0.327 e. The van der Waals surface area contributed by atoms with Crippen molar-refractivity contribution in [3.63, 3.8) is 0 Å². The van der Waals surface area contributed by atoms with Gasteiger partial charge in [0.2, 0.25) is 0 Å². The van der Waals surface area contributed by atoms with Gasteiger partial charge in [0, 0.05) is 12.1 Å². The van der Waals surface area contributed by atoms with Crippen LogP contribution in [0.2, 0.25) is 0 Å². The summed E-state index contributed by atoms with van der Waals surface area (Å²) in [4.78, 5) is 0. The van der Waals surface area contributed by atoms with Gasteiger partial charge in [0.15, 0.2) is 0 Å². The van der Waals surface area contributed by atoms with E-state index in [0.717, 1.165) is 12.5 Å². The predicted octanol–water partition coefficient (Wildman–Crippen LogP) is 1.50. The second kappa shape index (κ2) is 4.83. The van der Waals surface area contributed by atoms with Gasteiger partial charge in [0.05, 0.1) is 0 Å². The minimum absolute atomic E-state index is 0.449. The van der Waals surface area contributed by atoms with Crippen LogP contribution in [-0.2, 0) is 0 Å². The average Bonchev–Trinajstić information content (AvgIpc) is 2.03. The zero-order valence-electron chi connectivity index (χ0n) is 8.34. The van der Waals surface area contributed by atoms with E-state index in [2.05, 4.69) is 19.2 Å². The summed E-state index contributed by atoms with van der Waals surface area (Å²) in [7, 11) is 0. The molecule has 1 aliphatic carbocycles. The lowest BCUT2D eigenvalue weighted by Crippen LogP contribution is -2.41. The van der Waals surface area contributed by atoms with Gasteiger partial charge in [-0.1, -0.05) is 26.7 Å². The fourth-order valence-electron chi connectivity index (χ4n) is 1.88. The second-order valence-electron chi connectivity index (χ2n) is 4.27. The maximum absolute atomic E-state index is 6.03. The molecule has 0 aromatic rings. The van der Waals surface area contributed by atoms with E-state index >= 15 is 0 Å². The molecule has 0 spiro atoms. The highest BCUT2D eigenvalue weighted by Crippen LogP contribution is 2.22. The summed E-state index contributed by atoms with van der Waals surface area (Å²) in [5.41, 5.74) is 6.03. The Labute approximate surface area is 75.9 Å². The summed E-state index contributed by atoms with van der Waals surface area (Å²) < 4.78 is 0. The molecule has 3 N–H and O–H groups in total. The maximum Gasteiger partial charge on any atom is 0.00792 e. The van der Waals surface area contributed by atoms with Gasteiger partial charge in [0.1, 0.15) is 0 Å². The SMILES string of the molecule is CC(C)NCC1CCCCC1N. The smallest absolute Gasteiger partial charge is 0.00792 e. The van der Waals surface area contributed by atoms with Crippen molar-refractivity contribution < 1.29 is 0 Å². The Morgan fingerprint density at radius 3 is 2.58 bits per heavy atom. The molecule has 0 saturated heterocycles. The third-order valence-corrected chi connectivity index (χ3v) is 2.76. The van der Waals surface area contributed by atoms with E-state index in [4.69, 9.17) is 5.73 Å². The van der Waals surface area contributed by atoms with Gasteiger partial charge in [0.25, 0.3) is 0 Å². The van der Waals surface area contributed by atoms with E-state index in [1.807, 2.05) is 0 Å². The summed E-state index contributed by atoms with van der Waals surface area (Å²) in [6.45, 7) is 5.49. The molecule has 0 aromatic carbocycles. The van der Waals surface area contributed by atoms with E-state index in [0.29, 0.717) is 12.1 Å². The summed E-state index contributed by atoms with van der Waals surface area (Å²) in [6.07, 6.45) is 5.25. The summed E-state index contributed by atoms with van der Waals surface area (Å²) in [6, 6.07) is 1.05. The molecule has 72 valence electrons. The van der Waals surface area contributed by atoms with E-state index < -0.39 is 0 Å². The summed E-state index contributed by atoms with van der Waals surface area (Å²) in [5, 5.41) is 3.47. The van der Waals surface area contributed by atoms with E-state index in [1.54, 1.807) is 0 Å². The van der Waals surface area contributed by atoms with Crippen LogP contribution in [0.15, 0.2) is 0 Å². The van der Waals surface area contributed by atoms with Crippen molar-refractivity contribution in [1.29, 1.82) is 0 Å². The zero-order valence-corrected chi connectivity index (χ0v) is 8.34. The second-order valence-corrected chi connectivity index (χ2v) is 4.27. The third kappa shape index (κ3) is 3.11. The Kier molecular flexibility index (Phi) is 4.02. The molecule has 1 fully saturated rings. The molecule has 2 nitrogen and oxygen atoms in total. The van der Waals surface area contributed by atoms with Crippen LogP contribution in [0.25, 0.3) is 0 Å². The number of nitrogens with two attached hydrogens (primary N) is 1. The fraction of sp³-hybridized carbons (Fsp3) is 1.00. The Balaban J connectivity index is 2.20. The lowest BCUT2D eigenvalue weighted by molar-refractivity contribution is 0.290. The summed E-state index contributed by atoms with van der Waals surface area (Å²) >= 11 is 0. The molecular formula is C10H22N2. The van der Waals surface area contributed by atoms with Crippen LogP contribution in [0, 0.1) is 5.92 Å². The summed E-state index contributed by atoms with van der Waals surface area (Å²) in [5.74, 6) is 0.723. The lowest BCUT2D eigenvalue weighted by atomic mass is 9.85. The van der Waals surface area contributed by atoms with Crippen LogP contribution in [0.3, 0.4) is 0 Å². The lowest BCUT2D eigenvalue weighted by Gasteiger charge is -2.29. The van der Waals surface area contributed by atoms with Crippen LogP contribution in [0.4, 0.5) is 0 Å². The fourth-order valence-corrected chi connectivity index (χ4v) is 1.88. The molecule has 2 unspecified atom stereocenters. The average molecular weight is 170 g/mol. The molecule has 0 radical (unpaired) electrons. The molecule has 0 aromatic heterocycles. The standard InChI is InChI=1S/C10H22N2/c1-8(2)12-7-9-5-3-4-6-10(9)11/h8-10,12H,3-7,11H2,1-2H3. The Hall–Kier alpha value is -0.0800. The van der Waals surface area contributed by atoms with Gasteiger partial charge in [-0.15, -0.1) is 0 Å². The Bertz CT molecular complexity index is 123. The molecule has 1 rings (SSSR count). The van der Waals surface area contributed by atoms with Crippen molar-refractivity contribution in [2.45, 2.75) is 51.6 Å². The van der Waals surface area contributed by atoms with Crippen molar-refractivity contribution in [2.75, 3.05) is 6.54 Å². The van der Waals surface area contributed by atoms with Crippen LogP contribution in [0.1, 0.15) is 39.5 Å². The van der Waals surface area contributed by atoms with Gasteiger partial charge in [-0.3, -0.25) is 0 Å². The van der Waals surface area contributed by atoms with Crippen molar-refractivity contribution in [1.82, 2.24) is 5.32 Å². The number of hydrogen-bond acceptors (Lipinski definition) is 2. The molecule has 1 aliphatic rings. The third-order valence-electron chi connectivity index (χ3n) is 2.76. The monoisotopic (exact) mass is 170 g/mol. The Morgan fingerprint density at radius 1 is 1.33 bits per heavy atom. The highest BCUT2D eigenvalue weighted by molar-refractivity contribution is 4.79. The molecule has 0 heterocycles. The quantitative estimate of drug-likeness (QED) is 0.673. The first kappa shape index (κ1) is 10.0. The highest BCUT2D eigenvalue weighted by atomic mass is 14.9. The molecular weight excluding hydrogens is 148 g/mol. The topological polar surface area (TPSA) is 38.0 Å². The maximum atomic E-state index is 6.03. The van der Waals surface area contributed by atoms with Crippen molar-refractivity contribution in [3.05, 3.63) is 0 Å². The van der Waals surface area contributed by atoms with E-state index in [9.17, 15) is 0 Å². The number of nitrogens with one attached hydrogen (secondary N) is 1. The van der Waals surface area contributed by atoms with Crippen LogP contribution < -0.4 is 11.1 Å². The van der Waals surface area contributed by atoms with Crippen LogP contribution in [-0.4, -0.2) is 18.6 Å². The van der Waals surface area contributed by atoms with Gasteiger partial charge in [-0.2, -0.15) is 0 Å². The zero-order chi connectivity index (χ0) is 8.97. The van der Waals surface area contributed by atoms with Crippen molar-refractivity contribution in [2.24, 2.45) is 11.7 Å². The number of hydrogen-bond donors (Lipinski definition) is 2. The van der Waals surface area contributed by atoms with Gasteiger partial charge < -0.3 is 11.1 Å². The first-order valence-corrected chi connectivity index (χ1v) is 5.19. The van der Waals surface area contributed by atoms with Crippen molar-refractivity contribution in [3.8, 4) is 0 Å². The predicted molar refractivity (Wildman–Crippen MR) is 53.1 cm³/mol. The molecule has 2 heteroatoms. The normalized spacial score (nSPS) is 31.0. The first-order valence-electron chi connectivity index (χ1n) is 5.19. The van der Waals surface area contributed by atoms with Gasteiger partial charge in [-0.05, 0) is 25.3 Å². The van der Waals surface area contributed by atoms with E-state index in [1.165, 1.54) is 25.7 Å². The van der Waals surface area contributed by atoms with Gasteiger partial charge in [-0.25, -0.2) is 0 Å². The highest BCUT2D eigenvalue weighted by Gasteiger charge is 2.21. The first-order chi connectivity index (χ1) is 5.70. The molecule has 0 aliphatic heterocycles. The minimum atomic E-state index is 0.449. The van der Waals surface area contributed by atoms with E-state index in [-0.39, 0.29) is 0 Å². The Morgan fingerprint density at radius 2 is 2.00 bits per heavy atom. The number of rotatable bonds is 3. The molecule has 12 heavy (non-hydrogen) atoms. The van der Waals surface area contributed by atoms with Crippen LogP contribution in [0.5, 0.6) is 0 Å². The van der Waals surface area contributed by atoms with Crippen molar-refractivity contribution >= 4 is 0 Å².